The summed E-state index contributed by atoms with van der Waals surface area (Å²) in [5, 5.41) is 9.13. The molecule has 0 saturated heterocycles. The molecule has 0 saturated carbocycles. The average molecular weight is 355 g/mol. The summed E-state index contributed by atoms with van der Waals surface area (Å²) < 4.78 is 27.0. The number of carboxylic acids is 1. The summed E-state index contributed by atoms with van der Waals surface area (Å²) in [5.74, 6) is -2.97. The second kappa shape index (κ2) is 6.59. The predicted octanol–water partition coefficient (Wildman–Crippen LogP) is 3.84. The van der Waals surface area contributed by atoms with Crippen molar-refractivity contribution in [3.8, 4) is 11.3 Å². The van der Waals surface area contributed by atoms with E-state index in [1.807, 2.05) is 13.8 Å². The maximum atomic E-state index is 14.0. The standard InChI is InChI=1S/C19H15F2N3O2/c1-19(2,15-8-4-6-13(23-15)18(25)26)14-7-3-5-12(22-14)11-9-10-16(20)24-17(11)21/h3-10H,1-2H3,(H,25,26). The molecule has 3 heterocycles. The van der Waals surface area contributed by atoms with Gasteiger partial charge < -0.3 is 5.11 Å². The number of carbonyl (C=O) groups is 1. The highest BCUT2D eigenvalue weighted by Gasteiger charge is 2.27. The molecule has 132 valence electrons. The Morgan fingerprint density at radius 3 is 2.23 bits per heavy atom. The average Bonchev–Trinajstić information content (AvgIpc) is 2.62. The first-order chi connectivity index (χ1) is 12.3. The summed E-state index contributed by atoms with van der Waals surface area (Å²) in [7, 11) is 0. The molecule has 3 aromatic heterocycles. The van der Waals surface area contributed by atoms with Gasteiger partial charge in [0.25, 0.3) is 0 Å². The van der Waals surface area contributed by atoms with Crippen molar-refractivity contribution < 1.29 is 18.7 Å². The number of aromatic nitrogens is 3. The second-order valence-corrected chi connectivity index (χ2v) is 6.22. The molecule has 0 aliphatic rings. The van der Waals surface area contributed by atoms with Crippen molar-refractivity contribution in [2.24, 2.45) is 0 Å². The van der Waals surface area contributed by atoms with Gasteiger partial charge in [-0.05, 0) is 50.2 Å². The largest absolute Gasteiger partial charge is 0.477 e. The first-order valence-corrected chi connectivity index (χ1v) is 7.80. The van der Waals surface area contributed by atoms with E-state index in [-0.39, 0.29) is 11.3 Å². The monoisotopic (exact) mass is 355 g/mol. The lowest BCUT2D eigenvalue weighted by molar-refractivity contribution is 0.0690. The molecule has 5 nitrogen and oxygen atoms in total. The van der Waals surface area contributed by atoms with E-state index in [0.29, 0.717) is 17.1 Å². The Labute approximate surface area is 148 Å². The van der Waals surface area contributed by atoms with Gasteiger partial charge >= 0.3 is 5.97 Å². The van der Waals surface area contributed by atoms with Crippen molar-refractivity contribution in [3.63, 3.8) is 0 Å². The van der Waals surface area contributed by atoms with Crippen LogP contribution in [0, 0.1) is 11.9 Å². The summed E-state index contributed by atoms with van der Waals surface area (Å²) in [6.07, 6.45) is 0. The Bertz CT molecular complexity index is 990. The van der Waals surface area contributed by atoms with E-state index >= 15 is 0 Å². The lowest BCUT2D eigenvalue weighted by atomic mass is 9.84. The topological polar surface area (TPSA) is 76.0 Å². The minimum atomic E-state index is -1.12. The zero-order chi connectivity index (χ0) is 18.9. The zero-order valence-electron chi connectivity index (χ0n) is 14.1. The summed E-state index contributed by atoms with van der Waals surface area (Å²) in [5.41, 5.74) is 0.658. The van der Waals surface area contributed by atoms with Gasteiger partial charge in [0.15, 0.2) is 0 Å². The summed E-state index contributed by atoms with van der Waals surface area (Å²) in [6, 6.07) is 12.1. The first kappa shape index (κ1) is 17.6. The third kappa shape index (κ3) is 3.28. The number of hydrogen-bond acceptors (Lipinski definition) is 4. The van der Waals surface area contributed by atoms with Gasteiger partial charge in [-0.1, -0.05) is 12.1 Å². The van der Waals surface area contributed by atoms with Crippen LogP contribution in [0.1, 0.15) is 35.7 Å². The number of rotatable bonds is 4. The molecule has 26 heavy (non-hydrogen) atoms. The molecular weight excluding hydrogens is 340 g/mol. The van der Waals surface area contributed by atoms with Crippen LogP contribution in [0.4, 0.5) is 8.78 Å². The van der Waals surface area contributed by atoms with Crippen molar-refractivity contribution in [1.82, 2.24) is 15.0 Å². The summed E-state index contributed by atoms with van der Waals surface area (Å²) >= 11 is 0. The predicted molar refractivity (Wildman–Crippen MR) is 90.7 cm³/mol. The fourth-order valence-electron chi connectivity index (χ4n) is 2.57. The number of aromatic carboxylic acids is 1. The van der Waals surface area contributed by atoms with Crippen molar-refractivity contribution in [1.29, 1.82) is 0 Å². The van der Waals surface area contributed by atoms with Crippen molar-refractivity contribution in [2.75, 3.05) is 0 Å². The molecule has 3 aromatic rings. The van der Waals surface area contributed by atoms with Gasteiger partial charge in [0.2, 0.25) is 11.9 Å². The van der Waals surface area contributed by atoms with Gasteiger partial charge in [0.1, 0.15) is 5.69 Å². The van der Waals surface area contributed by atoms with Crippen LogP contribution in [0.2, 0.25) is 0 Å². The molecule has 0 aliphatic carbocycles. The highest BCUT2D eigenvalue weighted by atomic mass is 19.1. The van der Waals surface area contributed by atoms with Gasteiger partial charge in [-0.3, -0.25) is 4.98 Å². The maximum Gasteiger partial charge on any atom is 0.354 e. The van der Waals surface area contributed by atoms with Crippen LogP contribution < -0.4 is 0 Å². The SMILES string of the molecule is CC(C)(c1cccc(C(=O)O)n1)c1cccc(-c2ccc(F)nc2F)n1. The number of nitrogens with zero attached hydrogens (tertiary/aromatic N) is 3. The lowest BCUT2D eigenvalue weighted by Crippen LogP contribution is -2.23. The lowest BCUT2D eigenvalue weighted by Gasteiger charge is -2.24. The zero-order valence-corrected chi connectivity index (χ0v) is 14.1. The molecule has 0 amide bonds. The van der Waals surface area contributed by atoms with Crippen LogP contribution in [-0.2, 0) is 5.41 Å². The Morgan fingerprint density at radius 1 is 0.923 bits per heavy atom. The minimum Gasteiger partial charge on any atom is -0.477 e. The molecule has 0 radical (unpaired) electrons. The van der Waals surface area contributed by atoms with Gasteiger partial charge in [0.05, 0.1) is 22.6 Å². The van der Waals surface area contributed by atoms with E-state index < -0.39 is 23.3 Å². The maximum absolute atomic E-state index is 14.0. The highest BCUT2D eigenvalue weighted by molar-refractivity contribution is 5.85. The second-order valence-electron chi connectivity index (χ2n) is 6.22. The van der Waals surface area contributed by atoms with Crippen LogP contribution in [0.15, 0.2) is 48.5 Å². The smallest absolute Gasteiger partial charge is 0.354 e. The van der Waals surface area contributed by atoms with Crippen LogP contribution in [-0.4, -0.2) is 26.0 Å². The van der Waals surface area contributed by atoms with E-state index in [9.17, 15) is 13.6 Å². The van der Waals surface area contributed by atoms with Crippen LogP contribution in [0.25, 0.3) is 11.3 Å². The molecule has 7 heteroatoms. The van der Waals surface area contributed by atoms with Crippen molar-refractivity contribution in [3.05, 3.63) is 77.5 Å². The minimum absolute atomic E-state index is 0.0690. The number of pyridine rings is 3. The summed E-state index contributed by atoms with van der Waals surface area (Å²) in [6.45, 7) is 3.68. The molecule has 0 fully saturated rings. The summed E-state index contributed by atoms with van der Waals surface area (Å²) in [4.78, 5) is 23.0. The van der Waals surface area contributed by atoms with Crippen molar-refractivity contribution in [2.45, 2.75) is 19.3 Å². The van der Waals surface area contributed by atoms with Crippen LogP contribution >= 0.6 is 0 Å². The molecule has 3 rings (SSSR count). The van der Waals surface area contributed by atoms with Gasteiger partial charge in [-0.15, -0.1) is 0 Å². The Balaban J connectivity index is 2.06. The van der Waals surface area contributed by atoms with E-state index in [1.165, 1.54) is 12.1 Å². The highest BCUT2D eigenvalue weighted by Crippen LogP contribution is 2.31. The Kier molecular flexibility index (Phi) is 4.46. The molecular formula is C19H15F2N3O2. The van der Waals surface area contributed by atoms with E-state index in [0.717, 1.165) is 6.07 Å². The van der Waals surface area contributed by atoms with E-state index in [2.05, 4.69) is 15.0 Å². The first-order valence-electron chi connectivity index (χ1n) is 7.80. The van der Waals surface area contributed by atoms with Crippen molar-refractivity contribution >= 4 is 5.97 Å². The molecule has 0 unspecified atom stereocenters. The van der Waals surface area contributed by atoms with Gasteiger partial charge in [-0.2, -0.15) is 13.8 Å². The molecule has 0 aromatic carbocycles. The third-order valence-corrected chi connectivity index (χ3v) is 4.09. The van der Waals surface area contributed by atoms with Gasteiger partial charge in [-0.25, -0.2) is 9.78 Å². The van der Waals surface area contributed by atoms with Crippen LogP contribution in [0.3, 0.4) is 0 Å². The van der Waals surface area contributed by atoms with Crippen LogP contribution in [0.5, 0.6) is 0 Å². The Hall–Kier alpha value is -3.22. The number of carboxylic acid groups (broad SMARTS) is 1. The Morgan fingerprint density at radius 2 is 1.58 bits per heavy atom. The molecule has 0 atom stereocenters. The quantitative estimate of drug-likeness (QED) is 0.720. The molecule has 0 spiro atoms. The molecule has 0 bridgehead atoms. The normalized spacial score (nSPS) is 11.4. The molecule has 1 N–H and O–H groups in total. The third-order valence-electron chi connectivity index (χ3n) is 4.09. The molecule has 0 aliphatic heterocycles. The number of hydrogen-bond donors (Lipinski definition) is 1. The van der Waals surface area contributed by atoms with E-state index in [4.69, 9.17) is 5.11 Å². The van der Waals surface area contributed by atoms with E-state index in [1.54, 1.807) is 30.3 Å². The number of halogens is 2. The fourth-order valence-corrected chi connectivity index (χ4v) is 2.57. The fraction of sp³-hybridized carbons (Fsp3) is 0.158. The van der Waals surface area contributed by atoms with Gasteiger partial charge in [0, 0.05) is 5.41 Å².